The van der Waals surface area contributed by atoms with E-state index in [0.717, 1.165) is 0 Å². The molecule has 2 rings (SSSR count). The van der Waals surface area contributed by atoms with Gasteiger partial charge in [-0.3, -0.25) is 4.98 Å². The molecule has 2 heteroatoms. The van der Waals surface area contributed by atoms with Crippen LogP contribution in [0.15, 0.2) is 42.6 Å². The Morgan fingerprint density at radius 3 is 2.85 bits per heavy atom. The molecule has 1 heterocycles. The fourth-order valence-electron chi connectivity index (χ4n) is 1.13. The van der Waals surface area contributed by atoms with Gasteiger partial charge in [0.15, 0.2) is 0 Å². The van der Waals surface area contributed by atoms with Crippen LogP contribution in [0.25, 0.3) is 11.3 Å². The fraction of sp³-hybridized carbons (Fsp3) is 0. The van der Waals surface area contributed by atoms with Gasteiger partial charge in [-0.25, -0.2) is 4.39 Å². The Hall–Kier alpha value is -1.70. The van der Waals surface area contributed by atoms with Gasteiger partial charge in [-0.2, -0.15) is 0 Å². The molecule has 0 spiro atoms. The van der Waals surface area contributed by atoms with Crippen molar-refractivity contribution in [1.82, 2.24) is 4.98 Å². The maximum atomic E-state index is 13.2. The van der Waals surface area contributed by atoms with Crippen molar-refractivity contribution in [2.75, 3.05) is 0 Å². The Balaban J connectivity index is 2.54. The van der Waals surface area contributed by atoms with E-state index in [9.17, 15) is 4.39 Å². The average Bonchev–Trinajstić information content (AvgIpc) is 2.20. The van der Waals surface area contributed by atoms with E-state index in [2.05, 4.69) is 11.1 Å². The zero-order valence-corrected chi connectivity index (χ0v) is 6.87. The van der Waals surface area contributed by atoms with Crippen molar-refractivity contribution in [2.45, 2.75) is 0 Å². The van der Waals surface area contributed by atoms with E-state index < -0.39 is 0 Å². The minimum atomic E-state index is -0.266. The zero-order chi connectivity index (χ0) is 9.10. The van der Waals surface area contributed by atoms with Gasteiger partial charge in [-0.05, 0) is 30.3 Å². The highest BCUT2D eigenvalue weighted by atomic mass is 19.1. The number of halogens is 1. The van der Waals surface area contributed by atoms with Crippen LogP contribution in [0.4, 0.5) is 4.39 Å². The van der Waals surface area contributed by atoms with E-state index in [4.69, 9.17) is 0 Å². The summed E-state index contributed by atoms with van der Waals surface area (Å²) in [5.41, 5.74) is 1.12. The molecule has 0 aliphatic rings. The third kappa shape index (κ3) is 1.56. The van der Waals surface area contributed by atoms with Crippen molar-refractivity contribution in [3.8, 4) is 11.3 Å². The zero-order valence-electron chi connectivity index (χ0n) is 6.87. The summed E-state index contributed by atoms with van der Waals surface area (Å²) in [6.45, 7) is 0. The highest BCUT2D eigenvalue weighted by molar-refractivity contribution is 5.58. The molecule has 13 heavy (non-hydrogen) atoms. The van der Waals surface area contributed by atoms with Gasteiger partial charge >= 0.3 is 0 Å². The molecule has 0 unspecified atom stereocenters. The minimum Gasteiger partial charge on any atom is -0.256 e. The monoisotopic (exact) mass is 172 g/mol. The minimum absolute atomic E-state index is 0.266. The smallest absolute Gasteiger partial charge is 0.132 e. The predicted octanol–water partition coefficient (Wildman–Crippen LogP) is 2.69. The van der Waals surface area contributed by atoms with Crippen LogP contribution in [0.5, 0.6) is 0 Å². The third-order valence-electron chi connectivity index (χ3n) is 1.75. The summed E-state index contributed by atoms with van der Waals surface area (Å²) in [5, 5.41) is 0. The topological polar surface area (TPSA) is 12.9 Å². The van der Waals surface area contributed by atoms with Crippen LogP contribution < -0.4 is 0 Å². The summed E-state index contributed by atoms with van der Waals surface area (Å²) < 4.78 is 13.2. The maximum absolute atomic E-state index is 13.2. The molecule has 1 radical (unpaired) electrons. The first kappa shape index (κ1) is 7.92. The van der Waals surface area contributed by atoms with Gasteiger partial charge in [-0.15, -0.1) is 0 Å². The lowest BCUT2D eigenvalue weighted by Crippen LogP contribution is -1.85. The molecule has 0 aliphatic heterocycles. The van der Waals surface area contributed by atoms with Gasteiger partial charge in [0.05, 0.1) is 5.69 Å². The first-order valence-corrected chi connectivity index (χ1v) is 3.95. The second-order valence-corrected chi connectivity index (χ2v) is 2.62. The van der Waals surface area contributed by atoms with Crippen LogP contribution in [0, 0.1) is 11.9 Å². The van der Waals surface area contributed by atoms with Gasteiger partial charge in [0, 0.05) is 11.8 Å². The van der Waals surface area contributed by atoms with Gasteiger partial charge in [0.25, 0.3) is 0 Å². The molecule has 0 atom stereocenters. The Morgan fingerprint density at radius 2 is 2.15 bits per heavy atom. The maximum Gasteiger partial charge on any atom is 0.132 e. The molecule has 2 aromatic rings. The quantitative estimate of drug-likeness (QED) is 0.644. The fourth-order valence-corrected chi connectivity index (χ4v) is 1.13. The van der Waals surface area contributed by atoms with Crippen molar-refractivity contribution in [3.63, 3.8) is 0 Å². The number of rotatable bonds is 1. The molecule has 1 aromatic heterocycles. The van der Waals surface area contributed by atoms with Crippen molar-refractivity contribution in [3.05, 3.63) is 54.5 Å². The standard InChI is InChI=1S/C11H7FN/c12-10-6-2-1-5-9(10)11-7-3-4-8-13-11/h2-8H. The van der Waals surface area contributed by atoms with Gasteiger partial charge in [0.1, 0.15) is 5.82 Å². The molecule has 0 fully saturated rings. The molecule has 0 bridgehead atoms. The van der Waals surface area contributed by atoms with Crippen LogP contribution >= 0.6 is 0 Å². The average molecular weight is 172 g/mol. The molecule has 63 valence electrons. The van der Waals surface area contributed by atoms with Gasteiger partial charge < -0.3 is 0 Å². The van der Waals surface area contributed by atoms with E-state index in [1.54, 1.807) is 30.5 Å². The van der Waals surface area contributed by atoms with Crippen LogP contribution in [0.3, 0.4) is 0 Å². The highest BCUT2D eigenvalue weighted by Gasteiger charge is 2.02. The van der Waals surface area contributed by atoms with Crippen molar-refractivity contribution in [2.24, 2.45) is 0 Å². The molecular weight excluding hydrogens is 165 g/mol. The summed E-state index contributed by atoms with van der Waals surface area (Å²) in [7, 11) is 0. The Morgan fingerprint density at radius 1 is 1.23 bits per heavy atom. The van der Waals surface area contributed by atoms with Gasteiger partial charge in [0.2, 0.25) is 0 Å². The van der Waals surface area contributed by atoms with Gasteiger partial charge in [-0.1, -0.05) is 12.1 Å². The molecule has 0 saturated carbocycles. The molecule has 0 amide bonds. The van der Waals surface area contributed by atoms with Crippen molar-refractivity contribution >= 4 is 0 Å². The van der Waals surface area contributed by atoms with E-state index in [1.165, 1.54) is 6.07 Å². The summed E-state index contributed by atoms with van der Waals surface area (Å²) in [6.07, 6.45) is 1.64. The van der Waals surface area contributed by atoms with Crippen LogP contribution in [0.1, 0.15) is 0 Å². The normalized spacial score (nSPS) is 9.92. The van der Waals surface area contributed by atoms with Crippen LogP contribution in [-0.4, -0.2) is 4.98 Å². The van der Waals surface area contributed by atoms with E-state index in [1.807, 2.05) is 6.07 Å². The SMILES string of the molecule is Fc1cc[c]cc1-c1ccccn1. The predicted molar refractivity (Wildman–Crippen MR) is 48.5 cm³/mol. The molecule has 1 aromatic carbocycles. The number of hydrogen-bond acceptors (Lipinski definition) is 1. The number of aromatic nitrogens is 1. The van der Waals surface area contributed by atoms with E-state index >= 15 is 0 Å². The van der Waals surface area contributed by atoms with Crippen LogP contribution in [0.2, 0.25) is 0 Å². The molecule has 0 aliphatic carbocycles. The number of pyridine rings is 1. The second kappa shape index (κ2) is 3.35. The number of benzene rings is 1. The lowest BCUT2D eigenvalue weighted by molar-refractivity contribution is 0.630. The Labute approximate surface area is 75.9 Å². The highest BCUT2D eigenvalue weighted by Crippen LogP contribution is 2.18. The summed E-state index contributed by atoms with van der Waals surface area (Å²) in [5.74, 6) is -0.266. The Kier molecular flexibility index (Phi) is 2.04. The molecule has 1 nitrogen and oxygen atoms in total. The largest absolute Gasteiger partial charge is 0.256 e. The number of hydrogen-bond donors (Lipinski definition) is 0. The molecule has 0 saturated heterocycles. The first-order valence-electron chi connectivity index (χ1n) is 3.95. The first-order chi connectivity index (χ1) is 6.38. The Bertz CT molecular complexity index is 398. The summed E-state index contributed by atoms with van der Waals surface area (Å²) in [6, 6.07) is 12.7. The van der Waals surface area contributed by atoms with Crippen molar-refractivity contribution < 1.29 is 4.39 Å². The molecule has 0 N–H and O–H groups in total. The van der Waals surface area contributed by atoms with E-state index in [0.29, 0.717) is 11.3 Å². The lowest BCUT2D eigenvalue weighted by Gasteiger charge is -1.99. The number of nitrogens with zero attached hydrogens (tertiary/aromatic N) is 1. The van der Waals surface area contributed by atoms with Crippen LogP contribution in [-0.2, 0) is 0 Å². The summed E-state index contributed by atoms with van der Waals surface area (Å²) in [4.78, 5) is 4.05. The lowest BCUT2D eigenvalue weighted by atomic mass is 10.1. The molecular formula is C11H7FN. The van der Waals surface area contributed by atoms with Crippen molar-refractivity contribution in [1.29, 1.82) is 0 Å². The summed E-state index contributed by atoms with van der Waals surface area (Å²) >= 11 is 0. The third-order valence-corrected chi connectivity index (χ3v) is 1.75. The second-order valence-electron chi connectivity index (χ2n) is 2.62. The van der Waals surface area contributed by atoms with E-state index in [-0.39, 0.29) is 5.82 Å².